The minimum Gasteiger partial charge on any atom is -0.462 e. The number of carbonyl (C=O) groups excluding carboxylic acids is 1. The molecule has 0 fully saturated rings. The van der Waals surface area contributed by atoms with Crippen molar-refractivity contribution in [1.29, 1.82) is 5.26 Å². The summed E-state index contributed by atoms with van der Waals surface area (Å²) in [6.07, 6.45) is 2.01. The summed E-state index contributed by atoms with van der Waals surface area (Å²) in [5, 5.41) is 9.59. The Morgan fingerprint density at radius 1 is 1.36 bits per heavy atom. The Labute approximate surface area is 132 Å². The number of ether oxygens (including phenoxy) is 1. The van der Waals surface area contributed by atoms with Crippen molar-refractivity contribution >= 4 is 33.0 Å². The molecule has 3 heterocycles. The number of carbonyl (C=O) groups is 1. The molecule has 0 saturated heterocycles. The average Bonchev–Trinajstić information content (AvgIpc) is 2.94. The maximum absolute atomic E-state index is 12.1. The van der Waals surface area contributed by atoms with Gasteiger partial charge in [0, 0.05) is 6.20 Å². The molecule has 3 aromatic rings. The third kappa shape index (κ3) is 1.92. The van der Waals surface area contributed by atoms with Crippen LogP contribution in [0.4, 0.5) is 0 Å². The lowest BCUT2D eigenvalue weighted by atomic mass is 10.1. The lowest BCUT2D eigenvalue weighted by Gasteiger charge is -2.05. The zero-order chi connectivity index (χ0) is 16.0. The van der Waals surface area contributed by atoms with E-state index in [0.29, 0.717) is 17.0 Å². The first-order valence-corrected chi connectivity index (χ1v) is 7.92. The van der Waals surface area contributed by atoms with Crippen molar-refractivity contribution in [2.24, 2.45) is 0 Å². The van der Waals surface area contributed by atoms with Crippen LogP contribution in [0.15, 0.2) is 12.3 Å². The molecule has 0 spiro atoms. The Morgan fingerprint density at radius 3 is 2.73 bits per heavy atom. The summed E-state index contributed by atoms with van der Waals surface area (Å²) in [5.74, 6) is -0.316. The van der Waals surface area contributed by atoms with Gasteiger partial charge in [0.05, 0.1) is 27.9 Å². The number of esters is 1. The van der Waals surface area contributed by atoms with Crippen molar-refractivity contribution in [3.8, 4) is 6.07 Å². The molecule has 0 aromatic carbocycles. The van der Waals surface area contributed by atoms with Gasteiger partial charge in [-0.05, 0) is 44.4 Å². The highest BCUT2D eigenvalue weighted by Crippen LogP contribution is 2.38. The van der Waals surface area contributed by atoms with Gasteiger partial charge in [-0.25, -0.2) is 4.79 Å². The van der Waals surface area contributed by atoms with Gasteiger partial charge in [0.2, 0.25) is 0 Å². The predicted octanol–water partition coefficient (Wildman–Crippen LogP) is 4.13. The minimum absolute atomic E-state index is 0.316. The summed E-state index contributed by atoms with van der Waals surface area (Å²) in [6, 6.07) is 4.37. The largest absolute Gasteiger partial charge is 0.462 e. The van der Waals surface area contributed by atoms with Gasteiger partial charge in [-0.3, -0.25) is 0 Å². The van der Waals surface area contributed by atoms with E-state index in [-0.39, 0.29) is 5.97 Å². The van der Waals surface area contributed by atoms with Crippen LogP contribution in [0.2, 0.25) is 0 Å². The number of rotatable bonds is 2. The van der Waals surface area contributed by atoms with Crippen LogP contribution in [0.5, 0.6) is 0 Å². The third-order valence-corrected chi connectivity index (χ3v) is 5.06. The molecular formula is C17H16N2O2S. The topological polar surface area (TPSA) is 54.5 Å². The van der Waals surface area contributed by atoms with Crippen molar-refractivity contribution in [2.45, 2.75) is 27.7 Å². The molecule has 4 nitrogen and oxygen atoms in total. The highest BCUT2D eigenvalue weighted by Gasteiger charge is 2.23. The molecule has 0 aliphatic carbocycles. The first-order chi connectivity index (χ1) is 10.5. The second-order valence-corrected chi connectivity index (χ2v) is 6.38. The maximum Gasteiger partial charge on any atom is 0.348 e. The molecule has 0 aliphatic rings. The number of hydrogen-bond acceptors (Lipinski definition) is 4. The molecule has 0 atom stereocenters. The average molecular weight is 312 g/mol. The molecule has 112 valence electrons. The molecule has 0 aliphatic heterocycles. The Morgan fingerprint density at radius 2 is 2.09 bits per heavy atom. The normalized spacial score (nSPS) is 11.0. The van der Waals surface area contributed by atoms with Crippen LogP contribution in [0.1, 0.15) is 38.8 Å². The van der Waals surface area contributed by atoms with Gasteiger partial charge in [0.1, 0.15) is 10.9 Å². The number of aromatic nitrogens is 1. The van der Waals surface area contributed by atoms with Crippen molar-refractivity contribution in [2.75, 3.05) is 6.61 Å². The lowest BCUT2D eigenvalue weighted by molar-refractivity contribution is 0.0531. The number of thiophene rings is 1. The second kappa shape index (κ2) is 5.15. The van der Waals surface area contributed by atoms with Gasteiger partial charge in [0.15, 0.2) is 0 Å². The predicted molar refractivity (Wildman–Crippen MR) is 87.7 cm³/mol. The smallest absolute Gasteiger partial charge is 0.348 e. The van der Waals surface area contributed by atoms with E-state index in [1.807, 2.05) is 31.4 Å². The van der Waals surface area contributed by atoms with E-state index in [0.717, 1.165) is 32.4 Å². The number of hydrogen-bond donors (Lipinski definition) is 0. The van der Waals surface area contributed by atoms with Crippen molar-refractivity contribution in [1.82, 2.24) is 4.40 Å². The SMILES string of the molecule is CCOC(=O)c1sc2c(C#N)c3c(C)cc(C)cn3c2c1C. The molecular weight excluding hydrogens is 296 g/mol. The van der Waals surface area contributed by atoms with E-state index in [9.17, 15) is 10.1 Å². The van der Waals surface area contributed by atoms with Gasteiger partial charge < -0.3 is 9.14 Å². The van der Waals surface area contributed by atoms with Crippen LogP contribution in [-0.2, 0) is 4.74 Å². The zero-order valence-corrected chi connectivity index (χ0v) is 13.8. The summed E-state index contributed by atoms with van der Waals surface area (Å²) in [7, 11) is 0. The summed E-state index contributed by atoms with van der Waals surface area (Å²) in [4.78, 5) is 12.7. The maximum atomic E-state index is 12.1. The molecule has 0 saturated carbocycles. The number of aryl methyl sites for hydroxylation is 3. The van der Waals surface area contributed by atoms with E-state index >= 15 is 0 Å². The first kappa shape index (κ1) is 14.6. The van der Waals surface area contributed by atoms with E-state index in [1.165, 1.54) is 11.3 Å². The van der Waals surface area contributed by atoms with Crippen molar-refractivity contribution in [3.05, 3.63) is 39.4 Å². The zero-order valence-electron chi connectivity index (χ0n) is 13.0. The van der Waals surface area contributed by atoms with Crippen LogP contribution in [-0.4, -0.2) is 17.0 Å². The summed E-state index contributed by atoms with van der Waals surface area (Å²) in [5.41, 5.74) is 5.56. The second-order valence-electron chi connectivity index (χ2n) is 5.36. The van der Waals surface area contributed by atoms with Crippen LogP contribution in [0.25, 0.3) is 15.7 Å². The highest BCUT2D eigenvalue weighted by atomic mass is 32.1. The number of pyridine rings is 1. The summed E-state index contributed by atoms with van der Waals surface area (Å²) >= 11 is 1.35. The van der Waals surface area contributed by atoms with Crippen LogP contribution >= 0.6 is 11.3 Å². The first-order valence-electron chi connectivity index (χ1n) is 7.11. The molecule has 0 radical (unpaired) electrons. The van der Waals surface area contributed by atoms with Gasteiger partial charge in [-0.1, -0.05) is 6.07 Å². The summed E-state index contributed by atoms with van der Waals surface area (Å²) < 4.78 is 8.01. The number of nitriles is 1. The molecule has 3 rings (SSSR count). The van der Waals surface area contributed by atoms with Gasteiger partial charge in [-0.15, -0.1) is 11.3 Å². The van der Waals surface area contributed by atoms with E-state index in [4.69, 9.17) is 4.74 Å². The van der Waals surface area contributed by atoms with Crippen LogP contribution < -0.4 is 0 Å². The summed E-state index contributed by atoms with van der Waals surface area (Å²) in [6.45, 7) is 8.08. The molecule has 5 heteroatoms. The standard InChI is InChI=1S/C17H16N2O2S/c1-5-21-17(20)15-11(4)14-16(22-15)12(7-18)13-10(3)6-9(2)8-19(13)14/h6,8H,5H2,1-4H3. The fourth-order valence-corrected chi connectivity index (χ4v) is 4.15. The third-order valence-electron chi connectivity index (χ3n) is 3.78. The Bertz CT molecular complexity index is 957. The van der Waals surface area contributed by atoms with Gasteiger partial charge in [0.25, 0.3) is 0 Å². The molecule has 0 unspecified atom stereocenters. The minimum atomic E-state index is -0.316. The van der Waals surface area contributed by atoms with Crippen LogP contribution in [0, 0.1) is 32.1 Å². The quantitative estimate of drug-likeness (QED) is 0.669. The van der Waals surface area contributed by atoms with Crippen molar-refractivity contribution in [3.63, 3.8) is 0 Å². The van der Waals surface area contributed by atoms with Crippen LogP contribution in [0.3, 0.4) is 0 Å². The number of nitrogens with zero attached hydrogens (tertiary/aromatic N) is 2. The molecule has 0 N–H and O–H groups in total. The Kier molecular flexibility index (Phi) is 3.42. The van der Waals surface area contributed by atoms with E-state index in [2.05, 4.69) is 12.1 Å². The van der Waals surface area contributed by atoms with E-state index in [1.54, 1.807) is 6.92 Å². The lowest BCUT2D eigenvalue weighted by Crippen LogP contribution is -2.04. The molecule has 0 bridgehead atoms. The van der Waals surface area contributed by atoms with E-state index < -0.39 is 0 Å². The highest BCUT2D eigenvalue weighted by molar-refractivity contribution is 7.21. The fourth-order valence-electron chi connectivity index (χ4n) is 2.97. The Hall–Kier alpha value is -2.32. The van der Waals surface area contributed by atoms with Gasteiger partial charge >= 0.3 is 5.97 Å². The fraction of sp³-hybridized carbons (Fsp3) is 0.294. The number of fused-ring (bicyclic) bond motifs is 3. The van der Waals surface area contributed by atoms with Gasteiger partial charge in [-0.2, -0.15) is 5.26 Å². The molecule has 0 amide bonds. The Balaban J connectivity index is 2.45. The molecule has 3 aromatic heterocycles. The monoisotopic (exact) mass is 312 g/mol. The molecule has 22 heavy (non-hydrogen) atoms. The van der Waals surface area contributed by atoms with Crippen molar-refractivity contribution < 1.29 is 9.53 Å².